The minimum Gasteiger partial charge on any atom is -0.453 e. The predicted molar refractivity (Wildman–Crippen MR) is 83.5 cm³/mol. The molecule has 1 heterocycles. The summed E-state index contributed by atoms with van der Waals surface area (Å²) in [5.74, 6) is 0.784. The Bertz CT molecular complexity index is 819. The van der Waals surface area contributed by atoms with E-state index in [4.69, 9.17) is 4.74 Å². The highest BCUT2D eigenvalue weighted by molar-refractivity contribution is 5.80. The first-order valence-electron chi connectivity index (χ1n) is 6.92. The smallest absolute Gasteiger partial charge is 0.273 e. The highest BCUT2D eigenvalue weighted by Gasteiger charge is 2.29. The largest absolute Gasteiger partial charge is 0.453 e. The monoisotopic (exact) mass is 315 g/mol. The van der Waals surface area contributed by atoms with Crippen molar-refractivity contribution in [3.63, 3.8) is 0 Å². The molecule has 0 atom stereocenters. The molecule has 0 fully saturated rings. The van der Waals surface area contributed by atoms with Crippen molar-refractivity contribution in [1.29, 1.82) is 0 Å². The Morgan fingerprint density at radius 1 is 0.913 bits per heavy atom. The standard InChI is InChI=1S/C15H13N3O5/c1-9(2)16-12-5-3-11(18(21)22)8-15(12)23-14-6-4-10(17(19)20)7-13(14)16/h3-9H,1-2H3. The second-order valence-corrected chi connectivity index (χ2v) is 5.38. The fourth-order valence-corrected chi connectivity index (χ4v) is 2.60. The summed E-state index contributed by atoms with van der Waals surface area (Å²) in [4.78, 5) is 22.8. The van der Waals surface area contributed by atoms with E-state index < -0.39 is 9.85 Å². The lowest BCUT2D eigenvalue weighted by molar-refractivity contribution is -0.385. The second kappa shape index (κ2) is 5.24. The molecule has 0 saturated carbocycles. The molecule has 2 aromatic rings. The van der Waals surface area contributed by atoms with Crippen molar-refractivity contribution in [2.24, 2.45) is 0 Å². The van der Waals surface area contributed by atoms with Crippen LogP contribution in [0.15, 0.2) is 36.4 Å². The van der Waals surface area contributed by atoms with Crippen LogP contribution in [0.1, 0.15) is 13.8 Å². The molecule has 0 bridgehead atoms. The molecule has 3 rings (SSSR count). The average molecular weight is 315 g/mol. The van der Waals surface area contributed by atoms with Gasteiger partial charge in [-0.05, 0) is 26.0 Å². The highest BCUT2D eigenvalue weighted by atomic mass is 16.6. The molecule has 23 heavy (non-hydrogen) atoms. The molecule has 8 heteroatoms. The van der Waals surface area contributed by atoms with Crippen molar-refractivity contribution in [1.82, 2.24) is 0 Å². The SMILES string of the molecule is CC(C)N1c2ccc([N+](=O)[O-])cc2Oc2ccc([N+](=O)[O-])cc21. The van der Waals surface area contributed by atoms with Gasteiger partial charge in [-0.25, -0.2) is 0 Å². The third-order valence-corrected chi connectivity index (χ3v) is 3.56. The number of nitro groups is 2. The van der Waals surface area contributed by atoms with Crippen molar-refractivity contribution in [2.75, 3.05) is 4.90 Å². The summed E-state index contributed by atoms with van der Waals surface area (Å²) < 4.78 is 5.71. The number of benzene rings is 2. The average Bonchev–Trinajstić information content (AvgIpc) is 2.50. The van der Waals surface area contributed by atoms with Crippen molar-refractivity contribution >= 4 is 22.7 Å². The summed E-state index contributed by atoms with van der Waals surface area (Å²) in [5, 5.41) is 21.9. The summed E-state index contributed by atoms with van der Waals surface area (Å²) in [6.07, 6.45) is 0. The molecule has 0 unspecified atom stereocenters. The molecule has 1 aliphatic heterocycles. The zero-order valence-corrected chi connectivity index (χ0v) is 12.4. The molecule has 118 valence electrons. The normalized spacial score (nSPS) is 12.4. The van der Waals surface area contributed by atoms with Crippen LogP contribution in [0, 0.1) is 20.2 Å². The summed E-state index contributed by atoms with van der Waals surface area (Å²) in [6.45, 7) is 3.86. The van der Waals surface area contributed by atoms with Gasteiger partial charge in [-0.1, -0.05) is 0 Å². The summed E-state index contributed by atoms with van der Waals surface area (Å²) in [6, 6.07) is 8.62. The van der Waals surface area contributed by atoms with Gasteiger partial charge in [0.05, 0.1) is 27.3 Å². The van der Waals surface area contributed by atoms with Crippen LogP contribution in [-0.2, 0) is 0 Å². The number of fused-ring (bicyclic) bond motifs is 2. The maximum Gasteiger partial charge on any atom is 0.273 e. The van der Waals surface area contributed by atoms with E-state index in [1.165, 1.54) is 30.3 Å². The zero-order chi connectivity index (χ0) is 16.7. The Morgan fingerprint density at radius 3 is 2.13 bits per heavy atom. The van der Waals surface area contributed by atoms with Crippen LogP contribution in [-0.4, -0.2) is 15.9 Å². The zero-order valence-electron chi connectivity index (χ0n) is 12.4. The first kappa shape index (κ1) is 14.8. The lowest BCUT2D eigenvalue weighted by Gasteiger charge is -2.35. The predicted octanol–water partition coefficient (Wildman–Crippen LogP) is 4.16. The Hall–Kier alpha value is -3.16. The maximum absolute atomic E-state index is 11.0. The molecule has 0 saturated heterocycles. The Balaban J connectivity index is 2.17. The van der Waals surface area contributed by atoms with E-state index in [0.29, 0.717) is 22.9 Å². The topological polar surface area (TPSA) is 98.8 Å². The van der Waals surface area contributed by atoms with Crippen molar-refractivity contribution in [2.45, 2.75) is 19.9 Å². The number of anilines is 2. The van der Waals surface area contributed by atoms with Crippen LogP contribution in [0.25, 0.3) is 0 Å². The quantitative estimate of drug-likeness (QED) is 0.623. The number of non-ortho nitro benzene ring substituents is 2. The van der Waals surface area contributed by atoms with Crippen molar-refractivity contribution in [3.8, 4) is 11.5 Å². The third kappa shape index (κ3) is 2.44. The van der Waals surface area contributed by atoms with E-state index in [1.54, 1.807) is 6.07 Å². The molecule has 8 nitrogen and oxygen atoms in total. The van der Waals surface area contributed by atoms with Gasteiger partial charge in [-0.3, -0.25) is 20.2 Å². The van der Waals surface area contributed by atoms with Crippen LogP contribution in [0.3, 0.4) is 0 Å². The summed E-state index contributed by atoms with van der Waals surface area (Å²) in [5.41, 5.74) is 1.09. The van der Waals surface area contributed by atoms with E-state index in [1.807, 2.05) is 18.7 Å². The Kier molecular flexibility index (Phi) is 3.36. The van der Waals surface area contributed by atoms with E-state index >= 15 is 0 Å². The van der Waals surface area contributed by atoms with Gasteiger partial charge in [-0.2, -0.15) is 0 Å². The van der Waals surface area contributed by atoms with E-state index in [-0.39, 0.29) is 17.4 Å². The van der Waals surface area contributed by atoms with Gasteiger partial charge in [0.1, 0.15) is 0 Å². The molecule has 1 aliphatic rings. The number of nitro benzene ring substituents is 2. The molecular formula is C15H13N3O5. The fourth-order valence-electron chi connectivity index (χ4n) is 2.60. The van der Waals surface area contributed by atoms with Crippen LogP contribution in [0.4, 0.5) is 22.7 Å². The third-order valence-electron chi connectivity index (χ3n) is 3.56. The molecule has 0 spiro atoms. The summed E-state index contributed by atoms with van der Waals surface area (Å²) >= 11 is 0. The minimum absolute atomic E-state index is 0.0140. The number of hydrogen-bond donors (Lipinski definition) is 0. The number of rotatable bonds is 3. The first-order chi connectivity index (χ1) is 10.9. The fraction of sp³-hybridized carbons (Fsp3) is 0.200. The number of nitrogens with zero attached hydrogens (tertiary/aromatic N) is 3. The second-order valence-electron chi connectivity index (χ2n) is 5.38. The van der Waals surface area contributed by atoms with Gasteiger partial charge in [0.2, 0.25) is 0 Å². The molecule has 0 aromatic heterocycles. The molecule has 0 N–H and O–H groups in total. The van der Waals surface area contributed by atoms with E-state index in [9.17, 15) is 20.2 Å². The number of ether oxygens (including phenoxy) is 1. The van der Waals surface area contributed by atoms with E-state index in [0.717, 1.165) is 0 Å². The van der Waals surface area contributed by atoms with Crippen LogP contribution in [0.5, 0.6) is 11.5 Å². The van der Waals surface area contributed by atoms with Crippen molar-refractivity contribution < 1.29 is 14.6 Å². The molecule has 0 amide bonds. The molecular weight excluding hydrogens is 302 g/mol. The summed E-state index contributed by atoms with van der Waals surface area (Å²) in [7, 11) is 0. The van der Waals surface area contributed by atoms with Gasteiger partial charge < -0.3 is 9.64 Å². The van der Waals surface area contributed by atoms with Gasteiger partial charge in [0.15, 0.2) is 11.5 Å². The Labute approximate surface area is 131 Å². The maximum atomic E-state index is 11.0. The highest BCUT2D eigenvalue weighted by Crippen LogP contribution is 2.49. The lowest BCUT2D eigenvalue weighted by Crippen LogP contribution is -2.28. The number of hydrogen-bond acceptors (Lipinski definition) is 6. The minimum atomic E-state index is -0.491. The van der Waals surface area contributed by atoms with Crippen LogP contribution >= 0.6 is 0 Å². The first-order valence-corrected chi connectivity index (χ1v) is 6.92. The van der Waals surface area contributed by atoms with Crippen LogP contribution < -0.4 is 9.64 Å². The van der Waals surface area contributed by atoms with E-state index in [2.05, 4.69) is 0 Å². The molecule has 0 aliphatic carbocycles. The van der Waals surface area contributed by atoms with Gasteiger partial charge in [0, 0.05) is 24.2 Å². The van der Waals surface area contributed by atoms with Crippen LogP contribution in [0.2, 0.25) is 0 Å². The molecule has 2 aromatic carbocycles. The van der Waals surface area contributed by atoms with Gasteiger partial charge in [0.25, 0.3) is 11.4 Å². The van der Waals surface area contributed by atoms with Gasteiger partial charge in [-0.15, -0.1) is 0 Å². The molecule has 0 radical (unpaired) electrons. The van der Waals surface area contributed by atoms with Crippen molar-refractivity contribution in [3.05, 3.63) is 56.6 Å². The Morgan fingerprint density at radius 2 is 1.52 bits per heavy atom. The lowest BCUT2D eigenvalue weighted by atomic mass is 10.1. The van der Waals surface area contributed by atoms with Gasteiger partial charge >= 0.3 is 0 Å².